The van der Waals surface area contributed by atoms with Crippen LogP contribution in [0.4, 0.5) is 41.9 Å². The third-order valence-corrected chi connectivity index (χ3v) is 10.2. The highest BCUT2D eigenvalue weighted by Gasteiger charge is 2.22. The molecule has 0 fully saturated rings. The molecule has 0 aliphatic heterocycles. The highest BCUT2D eigenvalue weighted by Crippen LogP contribution is 2.31. The summed E-state index contributed by atoms with van der Waals surface area (Å²) in [5.74, 6) is 0.768. The number of amides is 6. The molecule has 0 spiro atoms. The number of para-hydroxylation sites is 2. The van der Waals surface area contributed by atoms with Gasteiger partial charge in [-0.15, -0.1) is 0 Å². The first-order chi connectivity index (χ1) is 27.5. The number of nitrogens with two attached hydrogens (primary N) is 2. The van der Waals surface area contributed by atoms with Crippen molar-refractivity contribution < 1.29 is 37.1 Å². The molecule has 0 saturated carbocycles. The summed E-state index contributed by atoms with van der Waals surface area (Å²) in [7, 11) is -4.06. The Morgan fingerprint density at radius 1 is 0.474 bits per heavy atom. The van der Waals surface area contributed by atoms with E-state index in [9.17, 15) is 27.6 Å². The molecular formula is C42H36N6O8S. The first-order valence-electron chi connectivity index (χ1n) is 17.3. The number of carbonyl (C=O) groups is 4. The van der Waals surface area contributed by atoms with Gasteiger partial charge in [-0.25, -0.2) is 27.6 Å². The zero-order valence-electron chi connectivity index (χ0n) is 30.1. The quantitative estimate of drug-likeness (QED) is 0.0974. The van der Waals surface area contributed by atoms with Crippen molar-refractivity contribution in [2.45, 2.75) is 22.9 Å². The van der Waals surface area contributed by atoms with Crippen molar-refractivity contribution in [1.82, 2.24) is 10.6 Å². The predicted octanol–water partition coefficient (Wildman–Crippen LogP) is 7.53. The summed E-state index contributed by atoms with van der Waals surface area (Å²) in [6.45, 7) is 0.188. The number of benzene rings is 6. The maximum Gasteiger partial charge on any atom is 0.412 e. The summed E-state index contributed by atoms with van der Waals surface area (Å²) >= 11 is 0. The molecule has 0 saturated heterocycles. The van der Waals surface area contributed by atoms with Crippen molar-refractivity contribution in [3.05, 3.63) is 169 Å². The standard InChI is InChI=1S/C42H36N6O8S/c43-39(49)47(33-11-7-9-29(25-33)27-45-41(51)55-35-13-3-1-4-14-35)31-17-21-37(22-18-31)57(53,54)38-23-19-32(20-24-38)48(40(44)50)34-12-8-10-30(26-34)28-46-42(52)56-36-15-5-2-6-16-36/h1-26H,27-28H2,(H2,43,49)(H2,44,50)(H,45,51)(H,46,52). The van der Waals surface area contributed by atoms with E-state index in [-0.39, 0.29) is 22.9 Å². The highest BCUT2D eigenvalue weighted by molar-refractivity contribution is 7.91. The lowest BCUT2D eigenvalue weighted by Gasteiger charge is -2.22. The van der Waals surface area contributed by atoms with E-state index in [1.54, 1.807) is 109 Å². The molecule has 0 unspecified atom stereocenters. The van der Waals surface area contributed by atoms with E-state index in [1.807, 2.05) is 0 Å². The average molecular weight is 785 g/mol. The molecule has 15 heteroatoms. The smallest absolute Gasteiger partial charge is 0.410 e. The van der Waals surface area contributed by atoms with E-state index in [2.05, 4.69) is 10.6 Å². The number of nitrogens with zero attached hydrogens (tertiary/aromatic N) is 2. The van der Waals surface area contributed by atoms with Gasteiger partial charge in [0, 0.05) is 13.1 Å². The number of ether oxygens (including phenoxy) is 2. The summed E-state index contributed by atoms with van der Waals surface area (Å²) < 4.78 is 37.9. The van der Waals surface area contributed by atoms with Crippen LogP contribution in [0.5, 0.6) is 11.5 Å². The van der Waals surface area contributed by atoms with Gasteiger partial charge in [-0.05, 0) is 108 Å². The molecule has 6 aromatic rings. The third-order valence-electron chi connectivity index (χ3n) is 8.37. The number of anilines is 4. The second kappa shape index (κ2) is 17.7. The molecule has 6 N–H and O–H groups in total. The van der Waals surface area contributed by atoms with Crippen LogP contribution in [0.25, 0.3) is 0 Å². The Hall–Kier alpha value is -7.65. The van der Waals surface area contributed by atoms with E-state index in [0.717, 1.165) is 0 Å². The number of hydrogen-bond acceptors (Lipinski definition) is 8. The molecule has 6 amide bonds. The molecule has 0 atom stereocenters. The number of hydrogen-bond donors (Lipinski definition) is 4. The Morgan fingerprint density at radius 3 is 1.19 bits per heavy atom. The molecule has 0 bridgehead atoms. The lowest BCUT2D eigenvalue weighted by Crippen LogP contribution is -2.31. The fraction of sp³-hybridized carbons (Fsp3) is 0.0476. The normalized spacial score (nSPS) is 10.8. The fourth-order valence-corrected chi connectivity index (χ4v) is 6.98. The van der Waals surface area contributed by atoms with Gasteiger partial charge in [-0.3, -0.25) is 9.80 Å². The molecule has 0 aromatic heterocycles. The molecule has 6 rings (SSSR count). The van der Waals surface area contributed by atoms with Gasteiger partial charge in [-0.1, -0.05) is 60.7 Å². The van der Waals surface area contributed by atoms with Gasteiger partial charge in [0.2, 0.25) is 9.84 Å². The zero-order valence-corrected chi connectivity index (χ0v) is 31.0. The number of sulfone groups is 1. The largest absolute Gasteiger partial charge is 0.412 e. The van der Waals surface area contributed by atoms with E-state index in [0.29, 0.717) is 45.4 Å². The van der Waals surface area contributed by atoms with Crippen molar-refractivity contribution in [3.8, 4) is 11.5 Å². The van der Waals surface area contributed by atoms with Crippen LogP contribution < -0.4 is 41.4 Å². The Kier molecular flexibility index (Phi) is 12.1. The molecular weight excluding hydrogens is 749 g/mol. The van der Waals surface area contributed by atoms with Crippen LogP contribution in [0.1, 0.15) is 11.1 Å². The SMILES string of the molecule is NC(=O)N(c1ccc(S(=O)(=O)c2ccc(N(C(N)=O)c3cccc(CNC(=O)Oc4ccccc4)c3)cc2)cc1)c1cccc(CNC(=O)Oc2ccccc2)c1. The highest BCUT2D eigenvalue weighted by atomic mass is 32.2. The summed E-state index contributed by atoms with van der Waals surface area (Å²) in [6.07, 6.45) is -1.32. The number of nitrogens with one attached hydrogen (secondary N) is 2. The van der Waals surface area contributed by atoms with E-state index < -0.39 is 34.1 Å². The minimum atomic E-state index is -4.06. The number of urea groups is 2. The monoisotopic (exact) mass is 784 g/mol. The minimum absolute atomic E-state index is 0.0592. The van der Waals surface area contributed by atoms with Crippen molar-refractivity contribution in [2.24, 2.45) is 11.5 Å². The Morgan fingerprint density at radius 2 is 0.842 bits per heavy atom. The number of rotatable bonds is 12. The number of primary amides is 2. The predicted molar refractivity (Wildman–Crippen MR) is 213 cm³/mol. The average Bonchev–Trinajstić information content (AvgIpc) is 3.21. The van der Waals surface area contributed by atoms with Crippen LogP contribution in [0.3, 0.4) is 0 Å². The minimum Gasteiger partial charge on any atom is -0.410 e. The van der Waals surface area contributed by atoms with E-state index >= 15 is 0 Å². The first-order valence-corrected chi connectivity index (χ1v) is 18.8. The molecule has 0 aliphatic rings. The van der Waals surface area contributed by atoms with Crippen molar-refractivity contribution in [2.75, 3.05) is 9.80 Å². The summed E-state index contributed by atoms with van der Waals surface area (Å²) in [4.78, 5) is 52.1. The first kappa shape index (κ1) is 39.1. The summed E-state index contributed by atoms with van der Waals surface area (Å²) in [6, 6.07) is 40.2. The van der Waals surface area contributed by atoms with Gasteiger partial charge in [-0.2, -0.15) is 0 Å². The molecule has 0 radical (unpaired) electrons. The van der Waals surface area contributed by atoms with Crippen molar-refractivity contribution in [3.63, 3.8) is 0 Å². The van der Waals surface area contributed by atoms with Crippen molar-refractivity contribution >= 4 is 56.8 Å². The molecule has 0 aliphatic carbocycles. The lowest BCUT2D eigenvalue weighted by molar-refractivity contribution is 0.199. The maximum atomic E-state index is 13.7. The van der Waals surface area contributed by atoms with Gasteiger partial charge in [0.1, 0.15) is 11.5 Å². The molecule has 14 nitrogen and oxygen atoms in total. The number of carbonyl (C=O) groups excluding carboxylic acids is 4. The van der Waals surface area contributed by atoms with Crippen LogP contribution >= 0.6 is 0 Å². The van der Waals surface area contributed by atoms with Crippen LogP contribution in [0, 0.1) is 0 Å². The summed E-state index contributed by atoms with van der Waals surface area (Å²) in [5, 5.41) is 5.31. The second-order valence-electron chi connectivity index (χ2n) is 12.3. The van der Waals surface area contributed by atoms with Crippen molar-refractivity contribution in [1.29, 1.82) is 0 Å². The molecule has 288 valence electrons. The van der Waals surface area contributed by atoms with E-state index in [4.69, 9.17) is 20.9 Å². The topological polar surface area (TPSA) is 203 Å². The van der Waals surface area contributed by atoms with Crippen LogP contribution in [-0.2, 0) is 22.9 Å². The van der Waals surface area contributed by atoms with Gasteiger partial charge < -0.3 is 31.6 Å². The van der Waals surface area contributed by atoms with Gasteiger partial charge in [0.15, 0.2) is 0 Å². The maximum absolute atomic E-state index is 13.7. The van der Waals surface area contributed by atoms with Gasteiger partial charge >= 0.3 is 24.2 Å². The second-order valence-corrected chi connectivity index (χ2v) is 14.2. The van der Waals surface area contributed by atoms with Crippen LogP contribution in [0.2, 0.25) is 0 Å². The molecule has 0 heterocycles. The Balaban J connectivity index is 1.13. The van der Waals surface area contributed by atoms with E-state index in [1.165, 1.54) is 58.3 Å². The Labute approximate surface area is 328 Å². The van der Waals surface area contributed by atoms with Gasteiger partial charge in [0.25, 0.3) is 0 Å². The summed E-state index contributed by atoms with van der Waals surface area (Å²) in [5.41, 5.74) is 14.2. The van der Waals surface area contributed by atoms with Crippen LogP contribution in [-0.4, -0.2) is 32.7 Å². The Bertz CT molecular complexity index is 2320. The molecule has 57 heavy (non-hydrogen) atoms. The zero-order chi connectivity index (χ0) is 40.4. The molecule has 6 aromatic carbocycles. The van der Waals surface area contributed by atoms with Crippen LogP contribution in [0.15, 0.2) is 168 Å². The third kappa shape index (κ3) is 9.92. The fourth-order valence-electron chi connectivity index (χ4n) is 5.71. The lowest BCUT2D eigenvalue weighted by atomic mass is 10.1. The van der Waals surface area contributed by atoms with Gasteiger partial charge in [0.05, 0.1) is 32.5 Å².